The molecular weight excluding hydrogens is 244 g/mol. The fraction of sp³-hybridized carbons (Fsp3) is 1.00. The molecule has 1 aliphatic carbocycles. The highest BCUT2D eigenvalue weighted by molar-refractivity contribution is 4.87. The van der Waals surface area contributed by atoms with Crippen molar-refractivity contribution < 1.29 is 0 Å². The van der Waals surface area contributed by atoms with Crippen LogP contribution in [0.3, 0.4) is 0 Å². The average molecular weight is 280 g/mol. The van der Waals surface area contributed by atoms with Crippen LogP contribution in [0.15, 0.2) is 0 Å². The van der Waals surface area contributed by atoms with Gasteiger partial charge in [0.15, 0.2) is 0 Å². The number of nitrogens with one attached hydrogen (secondary N) is 1. The standard InChI is InChI=1S/C18H36N2/c1-5-10-20-11-6-7-17(13-20)16(4)19-18-9-8-14(2)12-15(18)3/h14-19H,5-13H2,1-4H3. The Morgan fingerprint density at radius 1 is 1.20 bits per heavy atom. The summed E-state index contributed by atoms with van der Waals surface area (Å²) in [5, 5.41) is 3.99. The normalized spacial score (nSPS) is 37.8. The third kappa shape index (κ3) is 4.46. The molecule has 1 saturated carbocycles. The Morgan fingerprint density at radius 2 is 2.00 bits per heavy atom. The molecule has 1 N–H and O–H groups in total. The van der Waals surface area contributed by atoms with Crippen LogP contribution >= 0.6 is 0 Å². The van der Waals surface area contributed by atoms with E-state index < -0.39 is 0 Å². The Balaban J connectivity index is 1.80. The summed E-state index contributed by atoms with van der Waals surface area (Å²) in [7, 11) is 0. The fourth-order valence-corrected chi connectivity index (χ4v) is 4.41. The van der Waals surface area contributed by atoms with Gasteiger partial charge in [-0.1, -0.05) is 20.8 Å². The Kier molecular flexibility index (Phi) is 6.35. The second-order valence-electron chi connectivity index (χ2n) is 7.66. The molecule has 2 fully saturated rings. The van der Waals surface area contributed by atoms with Crippen LogP contribution in [0.5, 0.6) is 0 Å². The first-order valence-corrected chi connectivity index (χ1v) is 9.08. The molecule has 0 spiro atoms. The zero-order valence-corrected chi connectivity index (χ0v) is 14.2. The molecule has 1 heterocycles. The van der Waals surface area contributed by atoms with E-state index in [-0.39, 0.29) is 0 Å². The van der Waals surface area contributed by atoms with Crippen molar-refractivity contribution in [2.75, 3.05) is 19.6 Å². The monoisotopic (exact) mass is 280 g/mol. The summed E-state index contributed by atoms with van der Waals surface area (Å²) in [5.41, 5.74) is 0. The molecule has 1 aliphatic heterocycles. The molecule has 0 bridgehead atoms. The number of hydrogen-bond donors (Lipinski definition) is 1. The highest BCUT2D eigenvalue weighted by atomic mass is 15.1. The second kappa shape index (κ2) is 7.79. The number of nitrogens with zero attached hydrogens (tertiary/aromatic N) is 1. The minimum Gasteiger partial charge on any atom is -0.311 e. The van der Waals surface area contributed by atoms with E-state index in [1.807, 2.05) is 0 Å². The molecule has 0 aromatic carbocycles. The molecule has 2 aliphatic rings. The molecule has 0 aromatic rings. The summed E-state index contributed by atoms with van der Waals surface area (Å²) < 4.78 is 0. The minimum absolute atomic E-state index is 0.690. The Bertz CT molecular complexity index is 277. The molecule has 1 saturated heterocycles. The lowest BCUT2D eigenvalue weighted by Crippen LogP contribution is -2.50. The van der Waals surface area contributed by atoms with Gasteiger partial charge in [0.2, 0.25) is 0 Å². The van der Waals surface area contributed by atoms with Crippen LogP contribution in [0.2, 0.25) is 0 Å². The topological polar surface area (TPSA) is 15.3 Å². The Morgan fingerprint density at radius 3 is 2.70 bits per heavy atom. The molecule has 2 nitrogen and oxygen atoms in total. The van der Waals surface area contributed by atoms with Crippen LogP contribution in [-0.2, 0) is 0 Å². The van der Waals surface area contributed by atoms with Crippen LogP contribution in [0.25, 0.3) is 0 Å². The predicted octanol–water partition coefficient (Wildman–Crippen LogP) is 3.91. The average Bonchev–Trinajstić information content (AvgIpc) is 2.42. The van der Waals surface area contributed by atoms with Gasteiger partial charge in [-0.05, 0) is 76.3 Å². The molecule has 20 heavy (non-hydrogen) atoms. The highest BCUT2D eigenvalue weighted by Gasteiger charge is 2.30. The van der Waals surface area contributed by atoms with Gasteiger partial charge < -0.3 is 10.2 Å². The van der Waals surface area contributed by atoms with Gasteiger partial charge in [-0.15, -0.1) is 0 Å². The van der Waals surface area contributed by atoms with Crippen molar-refractivity contribution in [3.8, 4) is 0 Å². The molecule has 2 heteroatoms. The molecule has 118 valence electrons. The molecule has 0 aromatic heterocycles. The summed E-state index contributed by atoms with van der Waals surface area (Å²) in [6, 6.07) is 1.46. The lowest BCUT2D eigenvalue weighted by Gasteiger charge is -2.40. The maximum atomic E-state index is 3.99. The van der Waals surface area contributed by atoms with Crippen LogP contribution in [0.4, 0.5) is 0 Å². The van der Waals surface area contributed by atoms with Crippen molar-refractivity contribution in [3.63, 3.8) is 0 Å². The van der Waals surface area contributed by atoms with Crippen molar-refractivity contribution in [1.29, 1.82) is 0 Å². The first-order chi connectivity index (χ1) is 9.60. The first kappa shape index (κ1) is 16.3. The van der Waals surface area contributed by atoms with Gasteiger partial charge in [0.25, 0.3) is 0 Å². The molecule has 0 radical (unpaired) electrons. The smallest absolute Gasteiger partial charge is 0.00954 e. The van der Waals surface area contributed by atoms with Crippen LogP contribution < -0.4 is 5.32 Å². The van der Waals surface area contributed by atoms with Crippen molar-refractivity contribution in [2.24, 2.45) is 17.8 Å². The Hall–Kier alpha value is -0.0800. The zero-order valence-electron chi connectivity index (χ0n) is 14.2. The fourth-order valence-electron chi connectivity index (χ4n) is 4.41. The summed E-state index contributed by atoms with van der Waals surface area (Å²) in [6.07, 6.45) is 8.34. The van der Waals surface area contributed by atoms with E-state index in [2.05, 4.69) is 37.9 Å². The van der Waals surface area contributed by atoms with Crippen molar-refractivity contribution >= 4 is 0 Å². The van der Waals surface area contributed by atoms with Crippen LogP contribution in [-0.4, -0.2) is 36.6 Å². The molecular formula is C18H36N2. The van der Waals surface area contributed by atoms with Crippen molar-refractivity contribution in [3.05, 3.63) is 0 Å². The second-order valence-corrected chi connectivity index (χ2v) is 7.66. The lowest BCUT2D eigenvalue weighted by molar-refractivity contribution is 0.131. The van der Waals surface area contributed by atoms with Gasteiger partial charge in [0, 0.05) is 18.6 Å². The van der Waals surface area contributed by atoms with Gasteiger partial charge in [0.1, 0.15) is 0 Å². The van der Waals surface area contributed by atoms with Gasteiger partial charge in [0.05, 0.1) is 0 Å². The summed E-state index contributed by atoms with van der Waals surface area (Å²) in [4.78, 5) is 2.68. The van der Waals surface area contributed by atoms with Gasteiger partial charge >= 0.3 is 0 Å². The molecule has 0 amide bonds. The maximum Gasteiger partial charge on any atom is 0.00954 e. The largest absolute Gasteiger partial charge is 0.311 e. The summed E-state index contributed by atoms with van der Waals surface area (Å²) in [5.74, 6) is 2.66. The Labute approximate surface area is 126 Å². The molecule has 5 atom stereocenters. The van der Waals surface area contributed by atoms with Crippen LogP contribution in [0, 0.1) is 17.8 Å². The highest BCUT2D eigenvalue weighted by Crippen LogP contribution is 2.30. The predicted molar refractivity (Wildman–Crippen MR) is 88.0 cm³/mol. The molecule has 5 unspecified atom stereocenters. The summed E-state index contributed by atoms with van der Waals surface area (Å²) in [6.45, 7) is 13.5. The van der Waals surface area contributed by atoms with Gasteiger partial charge in [-0.25, -0.2) is 0 Å². The van der Waals surface area contributed by atoms with Crippen molar-refractivity contribution in [2.45, 2.75) is 78.3 Å². The zero-order chi connectivity index (χ0) is 14.5. The van der Waals surface area contributed by atoms with E-state index in [1.165, 1.54) is 58.2 Å². The number of hydrogen-bond acceptors (Lipinski definition) is 2. The SMILES string of the molecule is CCCN1CCCC(C(C)NC2CCC(C)CC2C)C1. The quantitative estimate of drug-likeness (QED) is 0.821. The number of piperidine rings is 1. The summed E-state index contributed by atoms with van der Waals surface area (Å²) >= 11 is 0. The lowest BCUT2D eigenvalue weighted by atomic mass is 9.79. The van der Waals surface area contributed by atoms with Gasteiger partial charge in [-0.3, -0.25) is 0 Å². The number of likely N-dealkylation sites (tertiary alicyclic amines) is 1. The van der Waals surface area contributed by atoms with E-state index in [9.17, 15) is 0 Å². The van der Waals surface area contributed by atoms with E-state index in [0.717, 1.165) is 23.8 Å². The van der Waals surface area contributed by atoms with E-state index in [1.54, 1.807) is 0 Å². The van der Waals surface area contributed by atoms with Gasteiger partial charge in [-0.2, -0.15) is 0 Å². The third-order valence-electron chi connectivity index (χ3n) is 5.70. The number of rotatable bonds is 5. The molecule has 2 rings (SSSR count). The van der Waals surface area contributed by atoms with E-state index in [4.69, 9.17) is 0 Å². The third-order valence-corrected chi connectivity index (χ3v) is 5.70. The minimum atomic E-state index is 0.690. The first-order valence-electron chi connectivity index (χ1n) is 9.08. The van der Waals surface area contributed by atoms with E-state index >= 15 is 0 Å². The van der Waals surface area contributed by atoms with Crippen LogP contribution in [0.1, 0.15) is 66.2 Å². The maximum absolute atomic E-state index is 3.99. The van der Waals surface area contributed by atoms with E-state index in [0.29, 0.717) is 6.04 Å². The van der Waals surface area contributed by atoms with Crippen molar-refractivity contribution in [1.82, 2.24) is 10.2 Å².